The van der Waals surface area contributed by atoms with Gasteiger partial charge < -0.3 is 9.67 Å². The molecule has 2 heterocycles. The fourth-order valence-corrected chi connectivity index (χ4v) is 2.96. The van der Waals surface area contributed by atoms with Gasteiger partial charge in [0.1, 0.15) is 5.82 Å². The molecule has 0 spiro atoms. The molecule has 0 bridgehead atoms. The van der Waals surface area contributed by atoms with Crippen molar-refractivity contribution in [3.63, 3.8) is 0 Å². The van der Waals surface area contributed by atoms with Gasteiger partial charge in [-0.15, -0.1) is 0 Å². The van der Waals surface area contributed by atoms with Crippen LogP contribution in [0.2, 0.25) is 5.02 Å². The van der Waals surface area contributed by atoms with Crippen molar-refractivity contribution < 1.29 is 9.90 Å². The molecular weight excluding hydrogens is 276 g/mol. The van der Waals surface area contributed by atoms with Crippen LogP contribution in [0.5, 0.6) is 0 Å². The highest BCUT2D eigenvalue weighted by molar-refractivity contribution is 6.33. The summed E-state index contributed by atoms with van der Waals surface area (Å²) in [6.07, 6.45) is 1.74. The van der Waals surface area contributed by atoms with E-state index in [9.17, 15) is 9.90 Å². The first kappa shape index (κ1) is 13.2. The van der Waals surface area contributed by atoms with E-state index in [0.29, 0.717) is 16.8 Å². The van der Waals surface area contributed by atoms with Gasteiger partial charge in [0.2, 0.25) is 0 Å². The van der Waals surface area contributed by atoms with Gasteiger partial charge in [0.15, 0.2) is 5.69 Å². The van der Waals surface area contributed by atoms with Crippen molar-refractivity contribution in [1.82, 2.24) is 9.55 Å². The second-order valence-corrected chi connectivity index (χ2v) is 5.68. The minimum absolute atomic E-state index is 0.159. The van der Waals surface area contributed by atoms with E-state index in [1.165, 1.54) is 0 Å². The summed E-state index contributed by atoms with van der Waals surface area (Å²) in [6, 6.07) is 7.41. The van der Waals surface area contributed by atoms with Gasteiger partial charge in [0, 0.05) is 12.1 Å². The zero-order valence-electron chi connectivity index (χ0n) is 11.1. The molecule has 3 rings (SSSR count). The molecule has 2 aromatic rings. The predicted molar refractivity (Wildman–Crippen MR) is 77.1 cm³/mol. The van der Waals surface area contributed by atoms with Gasteiger partial charge in [-0.2, -0.15) is 0 Å². The summed E-state index contributed by atoms with van der Waals surface area (Å²) in [7, 11) is 0. The van der Waals surface area contributed by atoms with Crippen LogP contribution in [-0.2, 0) is 13.0 Å². The highest BCUT2D eigenvalue weighted by Gasteiger charge is 2.27. The van der Waals surface area contributed by atoms with Gasteiger partial charge in [0.25, 0.3) is 0 Å². The van der Waals surface area contributed by atoms with Crippen molar-refractivity contribution in [3.8, 4) is 11.4 Å². The molecule has 0 saturated heterocycles. The van der Waals surface area contributed by atoms with Crippen LogP contribution in [0.3, 0.4) is 0 Å². The van der Waals surface area contributed by atoms with Gasteiger partial charge in [-0.05, 0) is 30.9 Å². The quantitative estimate of drug-likeness (QED) is 0.921. The summed E-state index contributed by atoms with van der Waals surface area (Å²) in [5, 5.41) is 9.92. The second kappa shape index (κ2) is 4.94. The lowest BCUT2D eigenvalue weighted by Crippen LogP contribution is -2.19. The maximum absolute atomic E-state index is 11.4. The number of nitrogens with zero attached hydrogens (tertiary/aromatic N) is 2. The Balaban J connectivity index is 2.21. The van der Waals surface area contributed by atoms with Crippen LogP contribution >= 0.6 is 11.6 Å². The molecule has 1 unspecified atom stereocenters. The molecule has 104 valence electrons. The molecule has 1 aromatic heterocycles. The van der Waals surface area contributed by atoms with Gasteiger partial charge >= 0.3 is 5.97 Å². The van der Waals surface area contributed by atoms with E-state index in [-0.39, 0.29) is 5.69 Å². The van der Waals surface area contributed by atoms with Crippen molar-refractivity contribution >= 4 is 17.6 Å². The number of carboxylic acid groups (broad SMARTS) is 1. The molecule has 0 amide bonds. The van der Waals surface area contributed by atoms with Gasteiger partial charge in [-0.1, -0.05) is 30.7 Å². The Morgan fingerprint density at radius 2 is 2.20 bits per heavy atom. The van der Waals surface area contributed by atoms with Crippen molar-refractivity contribution in [2.24, 2.45) is 5.92 Å². The Morgan fingerprint density at radius 1 is 1.45 bits per heavy atom. The Morgan fingerprint density at radius 3 is 2.90 bits per heavy atom. The number of rotatable bonds is 2. The maximum atomic E-state index is 11.4. The van der Waals surface area contributed by atoms with Crippen molar-refractivity contribution in [1.29, 1.82) is 0 Å². The van der Waals surface area contributed by atoms with E-state index >= 15 is 0 Å². The number of hydrogen-bond acceptors (Lipinski definition) is 2. The third-order valence-electron chi connectivity index (χ3n) is 3.76. The Bertz CT molecular complexity index is 679. The second-order valence-electron chi connectivity index (χ2n) is 5.27. The molecule has 0 radical (unpaired) electrons. The zero-order valence-corrected chi connectivity index (χ0v) is 11.9. The molecule has 0 fully saturated rings. The number of benzene rings is 1. The van der Waals surface area contributed by atoms with Crippen LogP contribution in [0.4, 0.5) is 0 Å². The SMILES string of the molecule is CC1CCc2c(C(=O)O)nc(-c3ccccc3Cl)n2C1. The first-order valence-corrected chi connectivity index (χ1v) is 7.03. The number of carboxylic acids is 1. The molecule has 1 atom stereocenters. The first-order valence-electron chi connectivity index (χ1n) is 6.65. The van der Waals surface area contributed by atoms with E-state index < -0.39 is 5.97 Å². The highest BCUT2D eigenvalue weighted by atomic mass is 35.5. The molecule has 20 heavy (non-hydrogen) atoms. The van der Waals surface area contributed by atoms with Crippen LogP contribution < -0.4 is 0 Å². The number of carbonyl (C=O) groups is 1. The fraction of sp³-hybridized carbons (Fsp3) is 0.333. The molecule has 1 aliphatic heterocycles. The summed E-state index contributed by atoms with van der Waals surface area (Å²) in [5.41, 5.74) is 1.76. The van der Waals surface area contributed by atoms with Crippen LogP contribution in [-0.4, -0.2) is 20.6 Å². The van der Waals surface area contributed by atoms with Crippen molar-refractivity contribution in [3.05, 3.63) is 40.7 Å². The minimum Gasteiger partial charge on any atom is -0.476 e. The average molecular weight is 291 g/mol. The largest absolute Gasteiger partial charge is 0.476 e. The molecular formula is C15H15ClN2O2. The molecule has 1 N–H and O–H groups in total. The predicted octanol–water partition coefficient (Wildman–Crippen LogP) is 3.48. The Kier molecular flexibility index (Phi) is 3.26. The molecule has 0 saturated carbocycles. The molecule has 0 aliphatic carbocycles. The van der Waals surface area contributed by atoms with Crippen LogP contribution in [0, 0.1) is 5.92 Å². The lowest BCUT2D eigenvalue weighted by Gasteiger charge is -2.22. The van der Waals surface area contributed by atoms with Crippen LogP contribution in [0.15, 0.2) is 24.3 Å². The summed E-state index contributed by atoms with van der Waals surface area (Å²) < 4.78 is 2.01. The van der Waals surface area contributed by atoms with Gasteiger partial charge in [-0.25, -0.2) is 9.78 Å². The lowest BCUT2D eigenvalue weighted by molar-refractivity contribution is 0.0689. The number of aromatic carboxylic acids is 1. The fourth-order valence-electron chi connectivity index (χ4n) is 2.74. The number of hydrogen-bond donors (Lipinski definition) is 1. The number of fused-ring (bicyclic) bond motifs is 1. The Hall–Kier alpha value is -1.81. The zero-order chi connectivity index (χ0) is 14.3. The van der Waals surface area contributed by atoms with E-state index in [1.807, 2.05) is 22.8 Å². The highest BCUT2D eigenvalue weighted by Crippen LogP contribution is 2.32. The third-order valence-corrected chi connectivity index (χ3v) is 4.09. The summed E-state index contributed by atoms with van der Waals surface area (Å²) >= 11 is 6.23. The summed E-state index contributed by atoms with van der Waals surface area (Å²) in [6.45, 7) is 2.95. The minimum atomic E-state index is -0.971. The molecule has 5 heteroatoms. The van der Waals surface area contributed by atoms with E-state index in [1.54, 1.807) is 6.07 Å². The van der Waals surface area contributed by atoms with Crippen LogP contribution in [0.25, 0.3) is 11.4 Å². The number of halogens is 1. The Labute approximate surface area is 122 Å². The topological polar surface area (TPSA) is 55.1 Å². The van der Waals surface area contributed by atoms with E-state index in [4.69, 9.17) is 11.6 Å². The van der Waals surface area contributed by atoms with E-state index in [2.05, 4.69) is 11.9 Å². The summed E-state index contributed by atoms with van der Waals surface area (Å²) in [4.78, 5) is 15.7. The molecule has 4 nitrogen and oxygen atoms in total. The van der Waals surface area contributed by atoms with Crippen LogP contribution in [0.1, 0.15) is 29.5 Å². The van der Waals surface area contributed by atoms with Crippen molar-refractivity contribution in [2.75, 3.05) is 0 Å². The average Bonchev–Trinajstić information content (AvgIpc) is 2.78. The monoisotopic (exact) mass is 290 g/mol. The normalized spacial score (nSPS) is 17.8. The summed E-state index contributed by atoms with van der Waals surface area (Å²) in [5.74, 6) is 0.204. The molecule has 1 aliphatic rings. The van der Waals surface area contributed by atoms with E-state index in [0.717, 1.165) is 30.6 Å². The van der Waals surface area contributed by atoms with Gasteiger partial charge in [-0.3, -0.25) is 0 Å². The maximum Gasteiger partial charge on any atom is 0.356 e. The standard InChI is InChI=1S/C15H15ClN2O2/c1-9-6-7-12-13(15(19)20)17-14(18(12)8-9)10-4-2-3-5-11(10)16/h2-5,9H,6-8H2,1H3,(H,19,20). The third kappa shape index (κ3) is 2.10. The lowest BCUT2D eigenvalue weighted by atomic mass is 9.99. The number of aromatic nitrogens is 2. The smallest absolute Gasteiger partial charge is 0.356 e. The van der Waals surface area contributed by atoms with Crippen molar-refractivity contribution in [2.45, 2.75) is 26.3 Å². The number of imidazole rings is 1. The first-order chi connectivity index (χ1) is 9.58. The van der Waals surface area contributed by atoms with Gasteiger partial charge in [0.05, 0.1) is 10.7 Å². The molecule has 1 aromatic carbocycles.